The standard InChI is InChI=1S/C19H32N4O/c1-4-10-19(3,20)18(24)21-17-8-6-16(7-9-17)15-23-13-11-22(5-2)12-14-23/h6-9H,4-5,10-15,20H2,1-3H3,(H,21,24). The number of nitrogens with one attached hydrogen (secondary N) is 1. The number of carbonyl (C=O) groups excluding carboxylic acids is 1. The Morgan fingerprint density at radius 1 is 1.12 bits per heavy atom. The van der Waals surface area contributed by atoms with Crippen molar-refractivity contribution in [3.63, 3.8) is 0 Å². The highest BCUT2D eigenvalue weighted by Gasteiger charge is 2.27. The van der Waals surface area contributed by atoms with Gasteiger partial charge < -0.3 is 16.0 Å². The molecule has 1 heterocycles. The second kappa shape index (κ2) is 8.60. The average molecular weight is 332 g/mol. The molecule has 1 fully saturated rings. The lowest BCUT2D eigenvalue weighted by Gasteiger charge is -2.34. The van der Waals surface area contributed by atoms with E-state index in [4.69, 9.17) is 5.73 Å². The van der Waals surface area contributed by atoms with E-state index in [0.717, 1.165) is 51.4 Å². The molecule has 0 radical (unpaired) electrons. The number of nitrogens with two attached hydrogens (primary N) is 1. The van der Waals surface area contributed by atoms with Gasteiger partial charge in [-0.05, 0) is 37.6 Å². The summed E-state index contributed by atoms with van der Waals surface area (Å²) in [5.74, 6) is -0.118. The lowest BCUT2D eigenvalue weighted by molar-refractivity contribution is -0.120. The van der Waals surface area contributed by atoms with Gasteiger partial charge in [-0.25, -0.2) is 0 Å². The van der Waals surface area contributed by atoms with Crippen molar-refractivity contribution in [1.29, 1.82) is 0 Å². The number of hydrogen-bond donors (Lipinski definition) is 2. The summed E-state index contributed by atoms with van der Waals surface area (Å²) in [7, 11) is 0. The summed E-state index contributed by atoms with van der Waals surface area (Å²) in [5.41, 5.74) is 7.35. The number of carbonyl (C=O) groups is 1. The zero-order chi connectivity index (χ0) is 17.6. The lowest BCUT2D eigenvalue weighted by atomic mass is 9.96. The third-order valence-electron chi connectivity index (χ3n) is 4.82. The van der Waals surface area contributed by atoms with E-state index in [1.807, 2.05) is 19.1 Å². The number of benzene rings is 1. The van der Waals surface area contributed by atoms with E-state index in [1.54, 1.807) is 6.92 Å². The first-order chi connectivity index (χ1) is 11.4. The summed E-state index contributed by atoms with van der Waals surface area (Å²) in [6.07, 6.45) is 1.57. The summed E-state index contributed by atoms with van der Waals surface area (Å²) < 4.78 is 0. The molecular formula is C19H32N4O. The molecule has 1 aliphatic rings. The maximum Gasteiger partial charge on any atom is 0.244 e. The Morgan fingerprint density at radius 3 is 2.25 bits per heavy atom. The predicted octanol–water partition coefficient (Wildman–Crippen LogP) is 2.28. The zero-order valence-corrected chi connectivity index (χ0v) is 15.3. The van der Waals surface area contributed by atoms with Gasteiger partial charge in [0.05, 0.1) is 5.54 Å². The maximum atomic E-state index is 12.2. The molecule has 5 nitrogen and oxygen atoms in total. The van der Waals surface area contributed by atoms with Crippen molar-refractivity contribution in [3.05, 3.63) is 29.8 Å². The number of piperazine rings is 1. The largest absolute Gasteiger partial charge is 0.325 e. The molecule has 2 rings (SSSR count). The molecule has 1 aromatic rings. The van der Waals surface area contributed by atoms with Crippen molar-refractivity contribution in [2.24, 2.45) is 5.73 Å². The molecule has 0 aromatic heterocycles. The fourth-order valence-electron chi connectivity index (χ4n) is 3.12. The zero-order valence-electron chi connectivity index (χ0n) is 15.3. The van der Waals surface area contributed by atoms with E-state index in [9.17, 15) is 4.79 Å². The third-order valence-corrected chi connectivity index (χ3v) is 4.82. The van der Waals surface area contributed by atoms with Crippen LogP contribution in [0.15, 0.2) is 24.3 Å². The SMILES string of the molecule is CCCC(C)(N)C(=O)Nc1ccc(CN2CCN(CC)CC2)cc1. The smallest absolute Gasteiger partial charge is 0.244 e. The number of hydrogen-bond acceptors (Lipinski definition) is 4. The van der Waals surface area contributed by atoms with Crippen molar-refractivity contribution >= 4 is 11.6 Å². The van der Waals surface area contributed by atoms with E-state index >= 15 is 0 Å². The Morgan fingerprint density at radius 2 is 1.71 bits per heavy atom. The first kappa shape index (κ1) is 18.9. The fourth-order valence-corrected chi connectivity index (χ4v) is 3.12. The van der Waals surface area contributed by atoms with Crippen molar-refractivity contribution in [3.8, 4) is 0 Å². The van der Waals surface area contributed by atoms with Crippen molar-refractivity contribution in [2.45, 2.75) is 45.7 Å². The molecule has 3 N–H and O–H groups in total. The number of likely N-dealkylation sites (N-methyl/N-ethyl adjacent to an activating group) is 1. The third kappa shape index (κ3) is 5.30. The van der Waals surface area contributed by atoms with Crippen LogP contribution in [0.5, 0.6) is 0 Å². The second-order valence-electron chi connectivity index (χ2n) is 7.03. The normalized spacial score (nSPS) is 19.0. The Kier molecular flexibility index (Phi) is 6.78. The molecule has 0 aliphatic carbocycles. The van der Waals surface area contributed by atoms with Gasteiger partial charge in [-0.3, -0.25) is 9.69 Å². The summed E-state index contributed by atoms with van der Waals surface area (Å²) in [6, 6.07) is 8.13. The van der Waals surface area contributed by atoms with E-state index in [2.05, 4.69) is 34.2 Å². The average Bonchev–Trinajstić information content (AvgIpc) is 2.57. The van der Waals surface area contributed by atoms with Crippen molar-refractivity contribution in [1.82, 2.24) is 9.80 Å². The van der Waals surface area contributed by atoms with Crippen LogP contribution < -0.4 is 11.1 Å². The Balaban J connectivity index is 1.86. The molecule has 0 saturated carbocycles. The van der Waals surface area contributed by atoms with Crippen LogP contribution in [-0.4, -0.2) is 54.0 Å². The molecule has 1 unspecified atom stereocenters. The van der Waals surface area contributed by atoms with Crippen LogP contribution in [0.2, 0.25) is 0 Å². The first-order valence-corrected chi connectivity index (χ1v) is 9.08. The van der Waals surface area contributed by atoms with Crippen LogP contribution in [0, 0.1) is 0 Å². The number of nitrogens with zero attached hydrogens (tertiary/aromatic N) is 2. The second-order valence-corrected chi connectivity index (χ2v) is 7.03. The fraction of sp³-hybridized carbons (Fsp3) is 0.632. The van der Waals surface area contributed by atoms with Crippen LogP contribution in [0.25, 0.3) is 0 Å². The van der Waals surface area contributed by atoms with Crippen molar-refractivity contribution < 1.29 is 4.79 Å². The minimum absolute atomic E-state index is 0.118. The number of amides is 1. The molecule has 1 amide bonds. The summed E-state index contributed by atoms with van der Waals surface area (Å²) in [6.45, 7) is 12.7. The molecule has 5 heteroatoms. The molecule has 0 spiro atoms. The first-order valence-electron chi connectivity index (χ1n) is 9.08. The highest BCUT2D eigenvalue weighted by molar-refractivity contribution is 5.97. The summed E-state index contributed by atoms with van der Waals surface area (Å²) >= 11 is 0. The van der Waals surface area contributed by atoms with E-state index in [0.29, 0.717) is 6.42 Å². The van der Waals surface area contributed by atoms with E-state index in [-0.39, 0.29) is 5.91 Å². The van der Waals surface area contributed by atoms with Gasteiger partial charge in [0.25, 0.3) is 0 Å². The molecule has 1 atom stereocenters. The maximum absolute atomic E-state index is 12.2. The predicted molar refractivity (Wildman–Crippen MR) is 100.0 cm³/mol. The van der Waals surface area contributed by atoms with E-state index in [1.165, 1.54) is 5.56 Å². The quantitative estimate of drug-likeness (QED) is 0.804. The van der Waals surface area contributed by atoms with Gasteiger partial charge >= 0.3 is 0 Å². The van der Waals surface area contributed by atoms with Gasteiger partial charge in [-0.2, -0.15) is 0 Å². The van der Waals surface area contributed by atoms with Gasteiger partial charge in [-0.15, -0.1) is 0 Å². The monoisotopic (exact) mass is 332 g/mol. The van der Waals surface area contributed by atoms with Gasteiger partial charge in [-0.1, -0.05) is 32.4 Å². The highest BCUT2D eigenvalue weighted by atomic mass is 16.2. The molecule has 0 bridgehead atoms. The molecule has 24 heavy (non-hydrogen) atoms. The molecule has 1 aromatic carbocycles. The van der Waals surface area contributed by atoms with Gasteiger partial charge in [0.1, 0.15) is 0 Å². The minimum atomic E-state index is -0.813. The van der Waals surface area contributed by atoms with E-state index < -0.39 is 5.54 Å². The summed E-state index contributed by atoms with van der Waals surface area (Å²) in [5, 5.41) is 2.93. The molecule has 1 saturated heterocycles. The van der Waals surface area contributed by atoms with Crippen LogP contribution in [-0.2, 0) is 11.3 Å². The number of rotatable bonds is 7. The molecular weight excluding hydrogens is 300 g/mol. The highest BCUT2D eigenvalue weighted by Crippen LogP contribution is 2.16. The Bertz CT molecular complexity index is 519. The minimum Gasteiger partial charge on any atom is -0.325 e. The van der Waals surface area contributed by atoms with Crippen LogP contribution >= 0.6 is 0 Å². The van der Waals surface area contributed by atoms with Crippen LogP contribution in [0.3, 0.4) is 0 Å². The molecule has 1 aliphatic heterocycles. The molecule has 134 valence electrons. The Labute approximate surface area is 146 Å². The Hall–Kier alpha value is -1.43. The van der Waals surface area contributed by atoms with Crippen molar-refractivity contribution in [2.75, 3.05) is 38.0 Å². The van der Waals surface area contributed by atoms with Crippen LogP contribution in [0.4, 0.5) is 5.69 Å². The summed E-state index contributed by atoms with van der Waals surface area (Å²) in [4.78, 5) is 17.2. The van der Waals surface area contributed by atoms with Gasteiger partial charge in [0, 0.05) is 38.4 Å². The number of anilines is 1. The van der Waals surface area contributed by atoms with Gasteiger partial charge in [0.15, 0.2) is 0 Å². The van der Waals surface area contributed by atoms with Gasteiger partial charge in [0.2, 0.25) is 5.91 Å². The lowest BCUT2D eigenvalue weighted by Crippen LogP contribution is -2.48. The topological polar surface area (TPSA) is 61.6 Å². The van der Waals surface area contributed by atoms with Crippen LogP contribution in [0.1, 0.15) is 39.2 Å².